The molecule has 2 aromatic carbocycles. The average Bonchev–Trinajstić information content (AvgIpc) is 3.20. The lowest BCUT2D eigenvalue weighted by molar-refractivity contribution is 0.100. The van der Waals surface area contributed by atoms with Crippen molar-refractivity contribution in [2.24, 2.45) is 5.73 Å². The minimum Gasteiger partial charge on any atom is -0.380 e. The number of unbranched alkanes of at least 4 members (excludes halogenated alkanes) is 1. The van der Waals surface area contributed by atoms with Gasteiger partial charge in [-0.1, -0.05) is 6.07 Å². The summed E-state index contributed by atoms with van der Waals surface area (Å²) in [6.45, 7) is 2.01. The first kappa shape index (κ1) is 19.7. The van der Waals surface area contributed by atoms with Gasteiger partial charge in [0.1, 0.15) is 0 Å². The number of imidazole rings is 2. The molecule has 0 saturated carbocycles. The predicted octanol–water partition coefficient (Wildman–Crippen LogP) is 2.28. The van der Waals surface area contributed by atoms with Gasteiger partial charge >= 0.3 is 0 Å². The number of anilines is 2. The van der Waals surface area contributed by atoms with E-state index in [2.05, 4.69) is 9.97 Å². The number of benzene rings is 2. The van der Waals surface area contributed by atoms with Gasteiger partial charge in [0.15, 0.2) is 0 Å². The molecule has 0 fully saturated rings. The van der Waals surface area contributed by atoms with Crippen LogP contribution in [0, 0.1) is 0 Å². The number of fused-ring (bicyclic) bond motifs is 2. The van der Waals surface area contributed by atoms with Gasteiger partial charge in [-0.2, -0.15) is 0 Å². The molecule has 30 heavy (non-hydrogen) atoms. The van der Waals surface area contributed by atoms with Gasteiger partial charge in [-0.15, -0.1) is 0 Å². The van der Waals surface area contributed by atoms with Gasteiger partial charge in [0.05, 0.1) is 28.7 Å². The first-order chi connectivity index (χ1) is 14.5. The highest BCUT2D eigenvalue weighted by molar-refractivity contribution is 5.96. The summed E-state index contributed by atoms with van der Waals surface area (Å²) in [6, 6.07) is 11.3. The lowest BCUT2D eigenvalue weighted by atomic mass is 10.2. The van der Waals surface area contributed by atoms with Crippen LogP contribution in [0.15, 0.2) is 36.4 Å². The molecule has 9 nitrogen and oxygen atoms in total. The van der Waals surface area contributed by atoms with E-state index in [-0.39, 0.29) is 0 Å². The van der Waals surface area contributed by atoms with E-state index < -0.39 is 5.91 Å². The third-order valence-electron chi connectivity index (χ3n) is 5.23. The van der Waals surface area contributed by atoms with Crippen molar-refractivity contribution in [1.29, 1.82) is 0 Å². The summed E-state index contributed by atoms with van der Waals surface area (Å²) in [5.74, 6) is 0.445. The molecule has 1 amide bonds. The third-order valence-corrected chi connectivity index (χ3v) is 5.23. The molecule has 0 radical (unpaired) electrons. The molecular weight excluding hydrogens is 382 g/mol. The summed E-state index contributed by atoms with van der Waals surface area (Å²) in [5, 5.41) is 0. The van der Waals surface area contributed by atoms with Gasteiger partial charge in [-0.05, 0) is 48.7 Å². The van der Waals surface area contributed by atoms with Crippen molar-refractivity contribution in [2.45, 2.75) is 32.5 Å². The number of primary amides is 1. The first-order valence-corrected chi connectivity index (χ1v) is 9.77. The van der Waals surface area contributed by atoms with Crippen LogP contribution in [0.5, 0.6) is 0 Å². The molecule has 2 aromatic heterocycles. The van der Waals surface area contributed by atoms with Gasteiger partial charge in [0.25, 0.3) is 0 Å². The molecule has 0 spiro atoms. The van der Waals surface area contributed by atoms with Gasteiger partial charge in [0.2, 0.25) is 17.8 Å². The Kier molecular flexibility index (Phi) is 5.28. The topological polar surface area (TPSA) is 140 Å². The maximum absolute atomic E-state index is 11.4. The molecular formula is C21H25N7O2. The standard InChI is InChI=1S/C21H25N7O2/c1-30-12-13-4-6-17-15(10-13)25-20(23)27(17)8-2-3-9-28-18-7-5-14(19(22)29)11-16(18)26-21(28)24/h4-7,10-11H,2-3,8-9,12H2,1H3,(H2,22,29)(H2,23,25)(H2,24,26). The molecule has 0 aliphatic carbocycles. The lowest BCUT2D eigenvalue weighted by Crippen LogP contribution is -2.10. The number of aromatic nitrogens is 4. The minimum atomic E-state index is -0.482. The van der Waals surface area contributed by atoms with Crippen LogP contribution in [0.4, 0.5) is 11.9 Å². The molecule has 6 N–H and O–H groups in total. The first-order valence-electron chi connectivity index (χ1n) is 9.77. The quantitative estimate of drug-likeness (QED) is 0.383. The fourth-order valence-corrected chi connectivity index (χ4v) is 3.76. The SMILES string of the molecule is COCc1ccc2c(c1)nc(N)n2CCCCn1c(N)nc2cc(C(N)=O)ccc21. The molecule has 4 aromatic rings. The van der Waals surface area contributed by atoms with Crippen molar-refractivity contribution in [3.8, 4) is 0 Å². The number of carbonyl (C=O) groups is 1. The van der Waals surface area contributed by atoms with E-state index in [1.807, 2.05) is 33.4 Å². The summed E-state index contributed by atoms with van der Waals surface area (Å²) in [4.78, 5) is 20.2. The number of aryl methyl sites for hydroxylation is 2. The lowest BCUT2D eigenvalue weighted by Gasteiger charge is -2.09. The third kappa shape index (κ3) is 3.67. The van der Waals surface area contributed by atoms with Crippen LogP contribution in [0.25, 0.3) is 22.1 Å². The molecule has 0 atom stereocenters. The number of nitrogen functional groups attached to an aromatic ring is 2. The Hall–Kier alpha value is -3.59. The number of nitrogens with zero attached hydrogens (tertiary/aromatic N) is 4. The Bertz CT molecular complexity index is 1230. The summed E-state index contributed by atoms with van der Waals surface area (Å²) >= 11 is 0. The molecule has 156 valence electrons. The smallest absolute Gasteiger partial charge is 0.248 e. The van der Waals surface area contributed by atoms with Crippen LogP contribution in [0.1, 0.15) is 28.8 Å². The highest BCUT2D eigenvalue weighted by Crippen LogP contribution is 2.22. The number of carbonyl (C=O) groups excluding carboxylic acids is 1. The zero-order valence-corrected chi connectivity index (χ0v) is 16.8. The molecule has 0 bridgehead atoms. The van der Waals surface area contributed by atoms with Crippen LogP contribution in [0.3, 0.4) is 0 Å². The summed E-state index contributed by atoms with van der Waals surface area (Å²) in [6.07, 6.45) is 1.78. The van der Waals surface area contributed by atoms with Crippen LogP contribution in [-0.2, 0) is 24.4 Å². The number of methoxy groups -OCH3 is 1. The normalized spacial score (nSPS) is 11.5. The Morgan fingerprint density at radius 2 is 1.50 bits per heavy atom. The van der Waals surface area contributed by atoms with Crippen LogP contribution in [0.2, 0.25) is 0 Å². The Labute approximate surface area is 173 Å². The molecule has 2 heterocycles. The second-order valence-electron chi connectivity index (χ2n) is 7.27. The zero-order valence-electron chi connectivity index (χ0n) is 16.8. The van der Waals surface area contributed by atoms with Gasteiger partial charge < -0.3 is 31.1 Å². The van der Waals surface area contributed by atoms with Crippen molar-refractivity contribution >= 4 is 39.9 Å². The Morgan fingerprint density at radius 3 is 2.07 bits per heavy atom. The highest BCUT2D eigenvalue weighted by atomic mass is 16.5. The van der Waals surface area contributed by atoms with Crippen molar-refractivity contribution in [3.63, 3.8) is 0 Å². The van der Waals surface area contributed by atoms with E-state index in [9.17, 15) is 4.79 Å². The number of nitrogens with two attached hydrogens (primary N) is 3. The molecule has 9 heteroatoms. The zero-order chi connectivity index (χ0) is 21.3. The number of ether oxygens (including phenoxy) is 1. The Morgan fingerprint density at radius 1 is 0.933 bits per heavy atom. The van der Waals surface area contributed by atoms with Crippen molar-refractivity contribution < 1.29 is 9.53 Å². The number of rotatable bonds is 8. The van der Waals surface area contributed by atoms with Crippen LogP contribution >= 0.6 is 0 Å². The second-order valence-corrected chi connectivity index (χ2v) is 7.27. The van der Waals surface area contributed by atoms with Gasteiger partial charge in [-0.25, -0.2) is 9.97 Å². The number of amides is 1. The second kappa shape index (κ2) is 8.03. The van der Waals surface area contributed by atoms with E-state index in [1.54, 1.807) is 19.2 Å². The minimum absolute atomic E-state index is 0.420. The van der Waals surface area contributed by atoms with E-state index >= 15 is 0 Å². The predicted molar refractivity (Wildman–Crippen MR) is 117 cm³/mol. The number of hydrogen-bond donors (Lipinski definition) is 3. The highest BCUT2D eigenvalue weighted by Gasteiger charge is 2.12. The van der Waals surface area contributed by atoms with Crippen molar-refractivity contribution in [1.82, 2.24) is 19.1 Å². The Balaban J connectivity index is 1.45. The van der Waals surface area contributed by atoms with E-state index in [0.717, 1.165) is 41.5 Å². The summed E-state index contributed by atoms with van der Waals surface area (Å²) < 4.78 is 9.16. The molecule has 4 rings (SSSR count). The molecule has 0 unspecified atom stereocenters. The van der Waals surface area contributed by atoms with E-state index in [1.165, 1.54) is 0 Å². The van der Waals surface area contributed by atoms with Crippen LogP contribution in [-0.4, -0.2) is 32.1 Å². The summed E-state index contributed by atoms with van der Waals surface area (Å²) in [5.41, 5.74) is 22.5. The monoisotopic (exact) mass is 407 g/mol. The average molecular weight is 407 g/mol. The number of hydrogen-bond acceptors (Lipinski definition) is 6. The largest absolute Gasteiger partial charge is 0.380 e. The maximum Gasteiger partial charge on any atom is 0.248 e. The van der Waals surface area contributed by atoms with Crippen molar-refractivity contribution in [2.75, 3.05) is 18.6 Å². The van der Waals surface area contributed by atoms with Crippen LogP contribution < -0.4 is 17.2 Å². The van der Waals surface area contributed by atoms with Gasteiger partial charge in [0, 0.05) is 25.8 Å². The molecule has 0 saturated heterocycles. The van der Waals surface area contributed by atoms with E-state index in [4.69, 9.17) is 21.9 Å². The maximum atomic E-state index is 11.4. The molecule has 0 aliphatic heterocycles. The fraction of sp³-hybridized carbons (Fsp3) is 0.286. The molecule has 0 aliphatic rings. The fourth-order valence-electron chi connectivity index (χ4n) is 3.76. The van der Waals surface area contributed by atoms with Crippen molar-refractivity contribution in [3.05, 3.63) is 47.5 Å². The van der Waals surface area contributed by atoms with E-state index in [0.29, 0.717) is 36.1 Å². The van der Waals surface area contributed by atoms with Gasteiger partial charge in [-0.3, -0.25) is 4.79 Å². The summed E-state index contributed by atoms with van der Waals surface area (Å²) in [7, 11) is 1.67.